The van der Waals surface area contributed by atoms with E-state index in [4.69, 9.17) is 19.9 Å². The lowest BCUT2D eigenvalue weighted by Crippen LogP contribution is -2.14. The molecule has 0 radical (unpaired) electrons. The summed E-state index contributed by atoms with van der Waals surface area (Å²) in [5.41, 5.74) is 6.12. The van der Waals surface area contributed by atoms with Gasteiger partial charge in [0.2, 0.25) is 5.88 Å². The van der Waals surface area contributed by atoms with E-state index in [-0.39, 0.29) is 6.61 Å². The van der Waals surface area contributed by atoms with Crippen LogP contribution >= 0.6 is 0 Å². The number of esters is 1. The molecule has 1 heterocycles. The number of ether oxygens (including phenoxy) is 3. The first-order valence-corrected chi connectivity index (χ1v) is 6.45. The van der Waals surface area contributed by atoms with Crippen molar-refractivity contribution >= 4 is 11.7 Å². The molecule has 0 aliphatic carbocycles. The van der Waals surface area contributed by atoms with Gasteiger partial charge in [-0.3, -0.25) is 0 Å². The van der Waals surface area contributed by atoms with Crippen LogP contribution in [0.1, 0.15) is 6.92 Å². The molecule has 2 N–H and O–H groups in total. The van der Waals surface area contributed by atoms with Gasteiger partial charge < -0.3 is 19.9 Å². The normalized spacial score (nSPS) is 9.95. The van der Waals surface area contributed by atoms with E-state index in [1.807, 2.05) is 0 Å². The van der Waals surface area contributed by atoms with E-state index in [1.165, 1.54) is 6.20 Å². The van der Waals surface area contributed by atoms with Crippen LogP contribution in [0, 0.1) is 0 Å². The Bertz CT molecular complexity index is 582. The number of hydrogen-bond donors (Lipinski definition) is 1. The fourth-order valence-corrected chi connectivity index (χ4v) is 1.52. The van der Waals surface area contributed by atoms with Gasteiger partial charge in [0.1, 0.15) is 11.5 Å². The summed E-state index contributed by atoms with van der Waals surface area (Å²) in [6, 6.07) is 10.2. The number of anilines is 1. The zero-order chi connectivity index (χ0) is 15.1. The molecule has 6 heteroatoms. The molecular weight excluding hydrogens is 272 g/mol. The molecule has 0 saturated heterocycles. The number of nitrogen functional groups attached to an aromatic ring is 1. The fourth-order valence-electron chi connectivity index (χ4n) is 1.52. The molecule has 1 aromatic heterocycles. The summed E-state index contributed by atoms with van der Waals surface area (Å²) in [7, 11) is 0. The average molecular weight is 288 g/mol. The molecule has 21 heavy (non-hydrogen) atoms. The number of carbonyl (C=O) groups excluding carboxylic acids is 1. The Morgan fingerprint density at radius 3 is 2.48 bits per heavy atom. The summed E-state index contributed by atoms with van der Waals surface area (Å²) < 4.78 is 15.6. The predicted octanol–water partition coefficient (Wildman–Crippen LogP) is 2.40. The van der Waals surface area contributed by atoms with E-state index < -0.39 is 5.97 Å². The quantitative estimate of drug-likeness (QED) is 0.822. The summed E-state index contributed by atoms with van der Waals surface area (Å²) >= 11 is 0. The second kappa shape index (κ2) is 7.14. The van der Waals surface area contributed by atoms with Crippen molar-refractivity contribution in [1.29, 1.82) is 0 Å². The molecule has 0 aliphatic heterocycles. The highest BCUT2D eigenvalue weighted by molar-refractivity contribution is 5.71. The lowest BCUT2D eigenvalue weighted by molar-refractivity contribution is -0.145. The molecule has 0 spiro atoms. The summed E-state index contributed by atoms with van der Waals surface area (Å²) in [6.07, 6.45) is 1.52. The van der Waals surface area contributed by atoms with E-state index in [9.17, 15) is 4.79 Å². The minimum atomic E-state index is -0.399. The minimum Gasteiger partial charge on any atom is -0.482 e. The van der Waals surface area contributed by atoms with Gasteiger partial charge in [0.05, 0.1) is 18.5 Å². The van der Waals surface area contributed by atoms with Crippen LogP contribution in [0.2, 0.25) is 0 Å². The van der Waals surface area contributed by atoms with Crippen LogP contribution in [-0.2, 0) is 9.53 Å². The Morgan fingerprint density at radius 2 is 1.86 bits per heavy atom. The lowest BCUT2D eigenvalue weighted by atomic mass is 10.3. The summed E-state index contributed by atoms with van der Waals surface area (Å²) in [5, 5.41) is 0. The molecule has 2 aromatic rings. The first kappa shape index (κ1) is 14.6. The number of benzene rings is 1. The van der Waals surface area contributed by atoms with Crippen LogP contribution in [0.15, 0.2) is 42.6 Å². The van der Waals surface area contributed by atoms with Gasteiger partial charge >= 0.3 is 5.97 Å². The van der Waals surface area contributed by atoms with Gasteiger partial charge in [-0.2, -0.15) is 0 Å². The molecule has 2 rings (SSSR count). The zero-order valence-electron chi connectivity index (χ0n) is 11.6. The highest BCUT2D eigenvalue weighted by Crippen LogP contribution is 2.22. The number of pyridine rings is 1. The van der Waals surface area contributed by atoms with Crippen LogP contribution in [0.25, 0.3) is 0 Å². The number of hydrogen-bond acceptors (Lipinski definition) is 6. The third-order valence-electron chi connectivity index (χ3n) is 2.47. The number of aromatic nitrogens is 1. The average Bonchev–Trinajstić information content (AvgIpc) is 2.49. The van der Waals surface area contributed by atoms with Crippen LogP contribution in [0.3, 0.4) is 0 Å². The Morgan fingerprint density at radius 1 is 1.14 bits per heavy atom. The van der Waals surface area contributed by atoms with E-state index in [1.54, 1.807) is 43.3 Å². The van der Waals surface area contributed by atoms with E-state index >= 15 is 0 Å². The fraction of sp³-hybridized carbons (Fsp3) is 0.200. The first-order chi connectivity index (χ1) is 10.2. The molecule has 0 saturated carbocycles. The molecule has 0 bridgehead atoms. The number of nitrogens with two attached hydrogens (primary N) is 1. The number of nitrogens with zero attached hydrogens (tertiary/aromatic N) is 1. The monoisotopic (exact) mass is 288 g/mol. The van der Waals surface area contributed by atoms with Gasteiger partial charge in [-0.25, -0.2) is 9.78 Å². The van der Waals surface area contributed by atoms with Gasteiger partial charge in [-0.1, -0.05) is 0 Å². The van der Waals surface area contributed by atoms with Crippen LogP contribution < -0.4 is 15.2 Å². The Balaban J connectivity index is 1.89. The predicted molar refractivity (Wildman–Crippen MR) is 77.3 cm³/mol. The van der Waals surface area contributed by atoms with Crippen LogP contribution in [0.4, 0.5) is 5.69 Å². The topological polar surface area (TPSA) is 83.7 Å². The van der Waals surface area contributed by atoms with E-state index in [0.717, 1.165) is 0 Å². The Kier molecular flexibility index (Phi) is 4.98. The van der Waals surface area contributed by atoms with Gasteiger partial charge in [-0.05, 0) is 37.3 Å². The molecule has 0 atom stereocenters. The Labute approximate surface area is 122 Å². The molecule has 0 aliphatic rings. The minimum absolute atomic E-state index is 0.117. The SMILES string of the molecule is CCOC(=O)COc1ccc(Oc2ccc(N)cn2)cc1. The summed E-state index contributed by atoms with van der Waals surface area (Å²) in [6.45, 7) is 1.96. The molecule has 1 aromatic carbocycles. The summed E-state index contributed by atoms with van der Waals surface area (Å²) in [5.74, 6) is 1.21. The maximum atomic E-state index is 11.2. The standard InChI is InChI=1S/C15H16N2O4/c1-2-19-15(18)10-20-12-4-6-13(7-5-12)21-14-8-3-11(16)9-17-14/h3-9H,2,10,16H2,1H3. The zero-order valence-corrected chi connectivity index (χ0v) is 11.6. The molecular formula is C15H16N2O4. The lowest BCUT2D eigenvalue weighted by Gasteiger charge is -2.07. The van der Waals surface area contributed by atoms with Crippen molar-refractivity contribution < 1.29 is 19.0 Å². The maximum absolute atomic E-state index is 11.2. The highest BCUT2D eigenvalue weighted by atomic mass is 16.6. The molecule has 110 valence electrons. The second-order valence-electron chi connectivity index (χ2n) is 4.10. The van der Waals surface area contributed by atoms with Crippen molar-refractivity contribution in [1.82, 2.24) is 4.98 Å². The van der Waals surface area contributed by atoms with Gasteiger partial charge in [0, 0.05) is 6.07 Å². The third-order valence-corrected chi connectivity index (χ3v) is 2.47. The van der Waals surface area contributed by atoms with Crippen molar-refractivity contribution in [2.45, 2.75) is 6.92 Å². The van der Waals surface area contributed by atoms with Crippen LogP contribution in [-0.4, -0.2) is 24.2 Å². The molecule has 0 fully saturated rings. The van der Waals surface area contributed by atoms with E-state index in [0.29, 0.717) is 29.7 Å². The largest absolute Gasteiger partial charge is 0.482 e. The van der Waals surface area contributed by atoms with Crippen molar-refractivity contribution in [2.24, 2.45) is 0 Å². The van der Waals surface area contributed by atoms with Crippen molar-refractivity contribution in [2.75, 3.05) is 18.9 Å². The van der Waals surface area contributed by atoms with Gasteiger partial charge in [0.25, 0.3) is 0 Å². The van der Waals surface area contributed by atoms with E-state index in [2.05, 4.69) is 4.98 Å². The van der Waals surface area contributed by atoms with Crippen LogP contribution in [0.5, 0.6) is 17.4 Å². The summed E-state index contributed by atoms with van der Waals surface area (Å²) in [4.78, 5) is 15.2. The highest BCUT2D eigenvalue weighted by Gasteiger charge is 2.04. The maximum Gasteiger partial charge on any atom is 0.344 e. The number of rotatable bonds is 6. The first-order valence-electron chi connectivity index (χ1n) is 6.45. The Hall–Kier alpha value is -2.76. The molecule has 0 unspecified atom stereocenters. The van der Waals surface area contributed by atoms with Gasteiger partial charge in [0.15, 0.2) is 6.61 Å². The van der Waals surface area contributed by atoms with Crippen molar-refractivity contribution in [3.63, 3.8) is 0 Å². The molecule has 6 nitrogen and oxygen atoms in total. The molecule has 0 amide bonds. The van der Waals surface area contributed by atoms with Crippen molar-refractivity contribution in [3.8, 4) is 17.4 Å². The number of carbonyl (C=O) groups is 1. The van der Waals surface area contributed by atoms with Crippen molar-refractivity contribution in [3.05, 3.63) is 42.6 Å². The smallest absolute Gasteiger partial charge is 0.344 e. The second-order valence-corrected chi connectivity index (χ2v) is 4.10. The van der Waals surface area contributed by atoms with Gasteiger partial charge in [-0.15, -0.1) is 0 Å². The third kappa shape index (κ3) is 4.68.